The molecule has 0 saturated carbocycles. The number of benzene rings is 1. The van der Waals surface area contributed by atoms with Crippen LogP contribution in [0.15, 0.2) is 17.1 Å². The third kappa shape index (κ3) is 4.13. The lowest BCUT2D eigenvalue weighted by Crippen LogP contribution is -2.32. The van der Waals surface area contributed by atoms with Crippen molar-refractivity contribution in [1.82, 2.24) is 10.2 Å². The number of rotatable bonds is 9. The zero-order chi connectivity index (χ0) is 19.4. The molecule has 2 heterocycles. The van der Waals surface area contributed by atoms with Gasteiger partial charge in [0.05, 0.1) is 25.9 Å². The van der Waals surface area contributed by atoms with Crippen molar-refractivity contribution < 1.29 is 24.2 Å². The van der Waals surface area contributed by atoms with Gasteiger partial charge in [-0.05, 0) is 31.4 Å². The molecule has 9 nitrogen and oxygen atoms in total. The average molecular weight is 376 g/mol. The number of aliphatic hydroxyl groups is 1. The van der Waals surface area contributed by atoms with Crippen molar-refractivity contribution in [3.05, 3.63) is 17.7 Å². The minimum absolute atomic E-state index is 0.0660. The predicted molar refractivity (Wildman–Crippen MR) is 97.8 cm³/mol. The standard InChI is InChI=1S/C18H24N4O5/c1-26-16-12-9-22-10-15(24)21-18(22)20-13(12)4-5-14(16)27-8-2-3-11(6-7-23)17(19)25/h4-5,11,23H,2-3,6-10H2,1H3,(H2,19,25)(H,20,21,24). The van der Waals surface area contributed by atoms with Crippen LogP contribution in [0.5, 0.6) is 11.5 Å². The topological polar surface area (TPSA) is 126 Å². The molecule has 1 aromatic carbocycles. The Morgan fingerprint density at radius 3 is 2.93 bits per heavy atom. The molecule has 0 bridgehead atoms. The number of nitrogens with one attached hydrogen (secondary N) is 1. The van der Waals surface area contributed by atoms with E-state index in [1.807, 2.05) is 11.0 Å². The van der Waals surface area contributed by atoms with Gasteiger partial charge < -0.3 is 25.2 Å². The fraction of sp³-hybridized carbons (Fsp3) is 0.500. The Morgan fingerprint density at radius 1 is 1.41 bits per heavy atom. The van der Waals surface area contributed by atoms with Gasteiger partial charge in [-0.25, -0.2) is 4.99 Å². The number of aliphatic imine (C=N–C) groups is 1. The van der Waals surface area contributed by atoms with E-state index in [-0.39, 0.29) is 25.0 Å². The van der Waals surface area contributed by atoms with Gasteiger partial charge in [0.15, 0.2) is 11.5 Å². The summed E-state index contributed by atoms with van der Waals surface area (Å²) in [5, 5.41) is 11.7. The number of carbonyl (C=O) groups excluding carboxylic acids is 2. The number of ether oxygens (including phenoxy) is 2. The molecule has 2 amide bonds. The first-order chi connectivity index (χ1) is 13.0. The molecule has 1 saturated heterocycles. The molecule has 0 radical (unpaired) electrons. The summed E-state index contributed by atoms with van der Waals surface area (Å²) >= 11 is 0. The number of amides is 2. The number of methoxy groups -OCH3 is 1. The number of fused-ring (bicyclic) bond motifs is 2. The lowest BCUT2D eigenvalue weighted by molar-refractivity contribution is -0.122. The van der Waals surface area contributed by atoms with Crippen molar-refractivity contribution in [2.24, 2.45) is 16.6 Å². The van der Waals surface area contributed by atoms with Gasteiger partial charge in [-0.1, -0.05) is 0 Å². The molecule has 0 aliphatic carbocycles. The average Bonchev–Trinajstić information content (AvgIpc) is 3.00. The van der Waals surface area contributed by atoms with Crippen LogP contribution in [-0.2, 0) is 16.1 Å². The number of nitrogens with zero attached hydrogens (tertiary/aromatic N) is 2. The minimum atomic E-state index is -0.405. The lowest BCUT2D eigenvalue weighted by atomic mass is 9.99. The molecule has 0 spiro atoms. The van der Waals surface area contributed by atoms with Crippen LogP contribution in [0.2, 0.25) is 0 Å². The number of hydrogen-bond acceptors (Lipinski definition) is 7. The third-order valence-electron chi connectivity index (χ3n) is 4.70. The van der Waals surface area contributed by atoms with Gasteiger partial charge in [0.2, 0.25) is 17.8 Å². The molecule has 1 aromatic rings. The van der Waals surface area contributed by atoms with Gasteiger partial charge in [0.25, 0.3) is 0 Å². The molecule has 9 heteroatoms. The Hall–Kier alpha value is -2.81. The van der Waals surface area contributed by atoms with Crippen LogP contribution in [0.4, 0.5) is 5.69 Å². The molecule has 1 fully saturated rings. The van der Waals surface area contributed by atoms with E-state index in [0.29, 0.717) is 49.9 Å². The summed E-state index contributed by atoms with van der Waals surface area (Å²) in [6.07, 6.45) is 1.54. The van der Waals surface area contributed by atoms with Gasteiger partial charge in [-0.3, -0.25) is 14.9 Å². The van der Waals surface area contributed by atoms with Crippen molar-refractivity contribution in [3.63, 3.8) is 0 Å². The van der Waals surface area contributed by atoms with Crippen molar-refractivity contribution in [2.75, 3.05) is 26.9 Å². The van der Waals surface area contributed by atoms with E-state index in [4.69, 9.17) is 20.3 Å². The first-order valence-corrected chi connectivity index (χ1v) is 8.89. The highest BCUT2D eigenvalue weighted by atomic mass is 16.5. The predicted octanol–water partition coefficient (Wildman–Crippen LogP) is 0.271. The summed E-state index contributed by atoms with van der Waals surface area (Å²) in [6, 6.07) is 3.62. The molecule has 4 N–H and O–H groups in total. The highest BCUT2D eigenvalue weighted by molar-refractivity contribution is 6.06. The molecule has 0 aromatic heterocycles. The maximum atomic E-state index is 11.6. The van der Waals surface area contributed by atoms with Gasteiger partial charge >= 0.3 is 0 Å². The summed E-state index contributed by atoms with van der Waals surface area (Å²) < 4.78 is 11.4. The molecule has 3 rings (SSSR count). The third-order valence-corrected chi connectivity index (χ3v) is 4.70. The zero-order valence-electron chi connectivity index (χ0n) is 15.2. The van der Waals surface area contributed by atoms with E-state index >= 15 is 0 Å². The first-order valence-electron chi connectivity index (χ1n) is 8.89. The normalized spacial score (nSPS) is 16.1. The smallest absolute Gasteiger partial charge is 0.246 e. The van der Waals surface area contributed by atoms with Crippen LogP contribution < -0.4 is 20.5 Å². The van der Waals surface area contributed by atoms with E-state index in [1.165, 1.54) is 0 Å². The second kappa shape index (κ2) is 8.26. The Morgan fingerprint density at radius 2 is 2.22 bits per heavy atom. The second-order valence-electron chi connectivity index (χ2n) is 6.54. The summed E-state index contributed by atoms with van der Waals surface area (Å²) in [7, 11) is 1.57. The number of aliphatic hydroxyl groups excluding tert-OH is 1. The van der Waals surface area contributed by atoms with Crippen molar-refractivity contribution in [1.29, 1.82) is 0 Å². The van der Waals surface area contributed by atoms with Gasteiger partial charge in [0, 0.05) is 18.1 Å². The quantitative estimate of drug-likeness (QED) is 0.531. The molecule has 2 aliphatic rings. The van der Waals surface area contributed by atoms with Crippen LogP contribution in [0.25, 0.3) is 0 Å². The van der Waals surface area contributed by atoms with E-state index in [0.717, 1.165) is 11.3 Å². The summed E-state index contributed by atoms with van der Waals surface area (Å²) in [5.41, 5.74) is 6.94. The monoisotopic (exact) mass is 376 g/mol. The second-order valence-corrected chi connectivity index (χ2v) is 6.54. The van der Waals surface area contributed by atoms with Crippen molar-refractivity contribution in [3.8, 4) is 11.5 Å². The van der Waals surface area contributed by atoms with Gasteiger partial charge in [-0.2, -0.15) is 0 Å². The number of primary amides is 1. The fourth-order valence-electron chi connectivity index (χ4n) is 3.31. The Bertz CT molecular complexity index is 764. The zero-order valence-corrected chi connectivity index (χ0v) is 15.2. The van der Waals surface area contributed by atoms with E-state index in [1.54, 1.807) is 13.2 Å². The van der Waals surface area contributed by atoms with Crippen LogP contribution in [0.1, 0.15) is 24.8 Å². The molecule has 1 atom stereocenters. The highest BCUT2D eigenvalue weighted by Crippen LogP contribution is 2.40. The molecule has 1 unspecified atom stereocenters. The highest BCUT2D eigenvalue weighted by Gasteiger charge is 2.31. The first kappa shape index (κ1) is 19.0. The minimum Gasteiger partial charge on any atom is -0.492 e. The maximum absolute atomic E-state index is 11.6. The molecule has 2 aliphatic heterocycles. The summed E-state index contributed by atoms with van der Waals surface area (Å²) in [5.74, 6) is 0.908. The molecular formula is C18H24N4O5. The molecule has 27 heavy (non-hydrogen) atoms. The van der Waals surface area contributed by atoms with Crippen molar-refractivity contribution in [2.45, 2.75) is 25.8 Å². The van der Waals surface area contributed by atoms with Crippen LogP contribution in [-0.4, -0.2) is 54.6 Å². The Balaban J connectivity index is 1.65. The van der Waals surface area contributed by atoms with Gasteiger partial charge in [0.1, 0.15) is 6.54 Å². The van der Waals surface area contributed by atoms with Crippen LogP contribution in [0.3, 0.4) is 0 Å². The number of hydrogen-bond donors (Lipinski definition) is 3. The van der Waals surface area contributed by atoms with Crippen LogP contribution in [0, 0.1) is 5.92 Å². The van der Waals surface area contributed by atoms with Crippen molar-refractivity contribution >= 4 is 23.5 Å². The van der Waals surface area contributed by atoms with Crippen LogP contribution >= 0.6 is 0 Å². The Labute approximate surface area is 157 Å². The van der Waals surface area contributed by atoms with E-state index in [2.05, 4.69) is 10.3 Å². The van der Waals surface area contributed by atoms with Gasteiger partial charge in [-0.15, -0.1) is 0 Å². The van der Waals surface area contributed by atoms with E-state index in [9.17, 15) is 9.59 Å². The summed E-state index contributed by atoms with van der Waals surface area (Å²) in [4.78, 5) is 29.2. The maximum Gasteiger partial charge on any atom is 0.246 e. The summed E-state index contributed by atoms with van der Waals surface area (Å²) in [6.45, 7) is 1.10. The lowest BCUT2D eigenvalue weighted by Gasteiger charge is -2.25. The molecular weight excluding hydrogens is 352 g/mol. The number of nitrogens with two attached hydrogens (primary N) is 1. The number of carbonyl (C=O) groups is 2. The largest absolute Gasteiger partial charge is 0.492 e. The Kier molecular flexibility index (Phi) is 5.80. The van der Waals surface area contributed by atoms with E-state index < -0.39 is 5.91 Å². The number of guanidine groups is 1. The SMILES string of the molecule is COc1c(OCCCC(CCO)C(N)=O)ccc2c1CN1CC(=O)NC1=N2. The molecule has 146 valence electrons. The fourth-order valence-corrected chi connectivity index (χ4v) is 3.31.